The third-order valence-electron chi connectivity index (χ3n) is 4.16. The maximum atomic E-state index is 12.3. The molecule has 0 unspecified atom stereocenters. The number of aromatic nitrogens is 2. The Morgan fingerprint density at radius 2 is 1.85 bits per heavy atom. The van der Waals surface area contributed by atoms with Gasteiger partial charge in [-0.15, -0.1) is 0 Å². The fraction of sp³-hybridized carbons (Fsp3) is 0.250. The Labute approximate surface area is 157 Å². The van der Waals surface area contributed by atoms with Crippen LogP contribution in [-0.2, 0) is 11.2 Å². The highest BCUT2D eigenvalue weighted by Crippen LogP contribution is 2.22. The minimum atomic E-state index is -0.845. The Morgan fingerprint density at radius 1 is 1.11 bits per heavy atom. The maximum Gasteiger partial charge on any atom is 0.323 e. The van der Waals surface area contributed by atoms with Crippen molar-refractivity contribution in [2.45, 2.75) is 32.7 Å². The number of fused-ring (bicyclic) bond motifs is 1. The van der Waals surface area contributed by atoms with Gasteiger partial charge in [-0.1, -0.05) is 12.1 Å². The molecule has 0 aliphatic rings. The van der Waals surface area contributed by atoms with Crippen LogP contribution in [0.1, 0.15) is 31.9 Å². The van der Waals surface area contributed by atoms with Crippen LogP contribution in [0.25, 0.3) is 10.9 Å². The molecule has 0 spiro atoms. The molecule has 0 saturated carbocycles. The zero-order valence-electron chi connectivity index (χ0n) is 15.3. The van der Waals surface area contributed by atoms with Crippen molar-refractivity contribution in [2.24, 2.45) is 0 Å². The highest BCUT2D eigenvalue weighted by atomic mass is 16.4. The maximum absolute atomic E-state index is 12.3. The first-order valence-electron chi connectivity index (χ1n) is 8.78. The van der Waals surface area contributed by atoms with E-state index in [1.807, 2.05) is 35.1 Å². The van der Waals surface area contributed by atoms with E-state index in [9.17, 15) is 9.59 Å². The molecule has 140 valence electrons. The minimum Gasteiger partial charge on any atom is -0.481 e. The Morgan fingerprint density at radius 3 is 2.56 bits per heavy atom. The van der Waals surface area contributed by atoms with Gasteiger partial charge in [0.15, 0.2) is 0 Å². The van der Waals surface area contributed by atoms with Gasteiger partial charge in [-0.3, -0.25) is 9.48 Å². The number of nitrogens with one attached hydrogen (secondary N) is 2. The van der Waals surface area contributed by atoms with E-state index < -0.39 is 5.97 Å². The van der Waals surface area contributed by atoms with Gasteiger partial charge in [-0.2, -0.15) is 5.10 Å². The lowest BCUT2D eigenvalue weighted by Gasteiger charge is -2.11. The summed E-state index contributed by atoms with van der Waals surface area (Å²) in [5, 5.41) is 19.8. The van der Waals surface area contributed by atoms with E-state index in [1.165, 1.54) is 0 Å². The molecule has 7 heteroatoms. The Kier molecular flexibility index (Phi) is 5.40. The van der Waals surface area contributed by atoms with E-state index in [1.54, 1.807) is 18.2 Å². The quantitative estimate of drug-likeness (QED) is 0.607. The molecule has 0 saturated heterocycles. The molecule has 27 heavy (non-hydrogen) atoms. The van der Waals surface area contributed by atoms with Gasteiger partial charge >= 0.3 is 12.0 Å². The van der Waals surface area contributed by atoms with E-state index in [-0.39, 0.29) is 18.5 Å². The third kappa shape index (κ3) is 4.63. The van der Waals surface area contributed by atoms with Gasteiger partial charge in [0.2, 0.25) is 0 Å². The first kappa shape index (κ1) is 18.4. The second kappa shape index (κ2) is 7.90. The molecule has 3 N–H and O–H groups in total. The molecule has 1 heterocycles. The summed E-state index contributed by atoms with van der Waals surface area (Å²) in [5.74, 6) is -0.845. The molecule has 2 amide bonds. The number of aryl methyl sites for hydroxylation is 1. The Hall–Kier alpha value is -3.35. The van der Waals surface area contributed by atoms with E-state index in [4.69, 9.17) is 5.11 Å². The topological polar surface area (TPSA) is 96.3 Å². The van der Waals surface area contributed by atoms with Crippen molar-refractivity contribution in [1.29, 1.82) is 0 Å². The number of benzene rings is 2. The number of hydrogen-bond donors (Lipinski definition) is 3. The number of rotatable bonds is 6. The molecule has 3 aromatic rings. The summed E-state index contributed by atoms with van der Waals surface area (Å²) in [6, 6.07) is 12.7. The van der Waals surface area contributed by atoms with Crippen LogP contribution >= 0.6 is 0 Å². The zero-order valence-corrected chi connectivity index (χ0v) is 15.3. The number of carboxylic acid groups (broad SMARTS) is 1. The van der Waals surface area contributed by atoms with Gasteiger partial charge in [0.05, 0.1) is 11.7 Å². The van der Waals surface area contributed by atoms with Gasteiger partial charge < -0.3 is 15.7 Å². The van der Waals surface area contributed by atoms with E-state index in [0.29, 0.717) is 17.8 Å². The summed E-state index contributed by atoms with van der Waals surface area (Å²) < 4.78 is 1.91. The summed E-state index contributed by atoms with van der Waals surface area (Å²) in [4.78, 5) is 23.0. The largest absolute Gasteiger partial charge is 0.481 e. The lowest BCUT2D eigenvalue weighted by molar-refractivity contribution is -0.136. The van der Waals surface area contributed by atoms with E-state index in [0.717, 1.165) is 16.5 Å². The minimum absolute atomic E-state index is 0.0548. The number of aliphatic carboxylic acids is 1. The first-order valence-corrected chi connectivity index (χ1v) is 8.78. The number of urea groups is 1. The highest BCUT2D eigenvalue weighted by molar-refractivity contribution is 6.00. The van der Waals surface area contributed by atoms with Crippen LogP contribution in [0, 0.1) is 0 Å². The molecule has 2 aromatic carbocycles. The van der Waals surface area contributed by atoms with Gasteiger partial charge in [0.25, 0.3) is 0 Å². The van der Waals surface area contributed by atoms with Crippen molar-refractivity contribution in [3.8, 4) is 0 Å². The van der Waals surface area contributed by atoms with Crippen molar-refractivity contribution in [1.82, 2.24) is 9.78 Å². The average molecular weight is 366 g/mol. The number of anilines is 2. The van der Waals surface area contributed by atoms with E-state index >= 15 is 0 Å². The SMILES string of the molecule is CC(C)n1ncc2ccc(NC(=O)Nc3cccc(CCC(=O)O)c3)cc21. The summed E-state index contributed by atoms with van der Waals surface area (Å²) >= 11 is 0. The van der Waals surface area contributed by atoms with Crippen molar-refractivity contribution in [3.05, 3.63) is 54.2 Å². The van der Waals surface area contributed by atoms with Crippen LogP contribution in [0.3, 0.4) is 0 Å². The second-order valence-electron chi connectivity index (χ2n) is 6.63. The predicted octanol–water partition coefficient (Wildman–Crippen LogP) is 4.28. The Bertz CT molecular complexity index is 978. The summed E-state index contributed by atoms with van der Waals surface area (Å²) in [6.07, 6.45) is 2.28. The molecular formula is C20H22N4O3. The molecule has 0 atom stereocenters. The molecule has 7 nitrogen and oxygen atoms in total. The summed E-state index contributed by atoms with van der Waals surface area (Å²) in [6.45, 7) is 4.10. The van der Waals surface area contributed by atoms with Crippen LogP contribution in [0.4, 0.5) is 16.2 Å². The first-order chi connectivity index (χ1) is 12.9. The number of hydrogen-bond acceptors (Lipinski definition) is 3. The number of carbonyl (C=O) groups excluding carboxylic acids is 1. The number of amides is 2. The smallest absolute Gasteiger partial charge is 0.323 e. The molecule has 0 aliphatic carbocycles. The van der Waals surface area contributed by atoms with Crippen LogP contribution < -0.4 is 10.6 Å². The standard InChI is InChI=1S/C20H22N4O3/c1-13(2)24-18-11-17(8-7-15(18)12-21-24)23-20(27)22-16-5-3-4-14(10-16)6-9-19(25)26/h3-5,7-8,10-13H,6,9H2,1-2H3,(H,25,26)(H2,22,23,27). The van der Waals surface area contributed by atoms with Crippen molar-refractivity contribution in [2.75, 3.05) is 10.6 Å². The van der Waals surface area contributed by atoms with Crippen LogP contribution in [0.5, 0.6) is 0 Å². The summed E-state index contributed by atoms with van der Waals surface area (Å²) in [5.41, 5.74) is 3.10. The molecule has 0 fully saturated rings. The van der Waals surface area contributed by atoms with Crippen LogP contribution in [0.15, 0.2) is 48.7 Å². The lowest BCUT2D eigenvalue weighted by atomic mass is 10.1. The monoisotopic (exact) mass is 366 g/mol. The van der Waals surface area contributed by atoms with Crippen molar-refractivity contribution >= 4 is 34.3 Å². The predicted molar refractivity (Wildman–Crippen MR) is 105 cm³/mol. The number of carbonyl (C=O) groups is 2. The fourth-order valence-electron chi connectivity index (χ4n) is 2.88. The van der Waals surface area contributed by atoms with Gasteiger partial charge in [-0.25, -0.2) is 4.79 Å². The normalized spacial score (nSPS) is 10.9. The summed E-state index contributed by atoms with van der Waals surface area (Å²) in [7, 11) is 0. The lowest BCUT2D eigenvalue weighted by Crippen LogP contribution is -2.19. The number of nitrogens with zero attached hydrogens (tertiary/aromatic N) is 2. The Balaban J connectivity index is 1.69. The van der Waals surface area contributed by atoms with E-state index in [2.05, 4.69) is 29.6 Å². The van der Waals surface area contributed by atoms with Gasteiger partial charge in [0, 0.05) is 29.2 Å². The molecular weight excluding hydrogens is 344 g/mol. The van der Waals surface area contributed by atoms with Gasteiger partial charge in [-0.05, 0) is 56.2 Å². The molecule has 0 radical (unpaired) electrons. The molecule has 1 aromatic heterocycles. The fourth-order valence-corrected chi connectivity index (χ4v) is 2.88. The molecule has 3 rings (SSSR count). The number of carboxylic acids is 1. The van der Waals surface area contributed by atoms with Gasteiger partial charge in [0.1, 0.15) is 0 Å². The van der Waals surface area contributed by atoms with Crippen molar-refractivity contribution < 1.29 is 14.7 Å². The van der Waals surface area contributed by atoms with Crippen molar-refractivity contribution in [3.63, 3.8) is 0 Å². The van der Waals surface area contributed by atoms with Crippen LogP contribution in [-0.4, -0.2) is 26.9 Å². The molecule has 0 bridgehead atoms. The third-order valence-corrected chi connectivity index (χ3v) is 4.16. The zero-order chi connectivity index (χ0) is 19.4. The average Bonchev–Trinajstić information content (AvgIpc) is 3.03. The second-order valence-corrected chi connectivity index (χ2v) is 6.63. The molecule has 0 aliphatic heterocycles. The van der Waals surface area contributed by atoms with Crippen LogP contribution in [0.2, 0.25) is 0 Å². The highest BCUT2D eigenvalue weighted by Gasteiger charge is 2.09.